The predicted molar refractivity (Wildman–Crippen MR) is 93.3 cm³/mol. The third-order valence-corrected chi connectivity index (χ3v) is 6.23. The molecule has 2 aromatic heterocycles. The highest BCUT2D eigenvalue weighted by molar-refractivity contribution is 7.90. The molecule has 0 fully saturated rings. The van der Waals surface area contributed by atoms with Gasteiger partial charge in [0, 0.05) is 25.0 Å². The summed E-state index contributed by atoms with van der Waals surface area (Å²) in [5.74, 6) is 0. The van der Waals surface area contributed by atoms with Crippen molar-refractivity contribution in [1.29, 1.82) is 0 Å². The van der Waals surface area contributed by atoms with Gasteiger partial charge < -0.3 is 0 Å². The van der Waals surface area contributed by atoms with E-state index >= 15 is 0 Å². The van der Waals surface area contributed by atoms with Gasteiger partial charge >= 0.3 is 0 Å². The fraction of sp³-hybridized carbons (Fsp3) is 0.250. The fourth-order valence-corrected chi connectivity index (χ4v) is 4.54. The van der Waals surface area contributed by atoms with E-state index in [1.54, 1.807) is 42.6 Å². The molecule has 0 radical (unpaired) electrons. The molecule has 1 aromatic carbocycles. The summed E-state index contributed by atoms with van der Waals surface area (Å²) in [7, 11) is -1.62. The van der Waals surface area contributed by atoms with Crippen LogP contribution in [0.25, 0.3) is 0 Å². The maximum atomic E-state index is 12.8. The van der Waals surface area contributed by atoms with E-state index in [1.807, 2.05) is 20.0 Å². The number of benzene rings is 1. The minimum absolute atomic E-state index is 0.285. The van der Waals surface area contributed by atoms with Crippen molar-refractivity contribution in [3.05, 3.63) is 64.9 Å². The van der Waals surface area contributed by atoms with Crippen LogP contribution in [0.3, 0.4) is 0 Å². The first-order chi connectivity index (χ1) is 11.5. The molecule has 0 saturated heterocycles. The van der Waals surface area contributed by atoms with Gasteiger partial charge in [-0.2, -0.15) is 0 Å². The molecular weight excluding hydrogens is 344 g/mol. The van der Waals surface area contributed by atoms with E-state index in [0.717, 1.165) is 16.3 Å². The van der Waals surface area contributed by atoms with E-state index in [2.05, 4.69) is 14.5 Å². The van der Waals surface area contributed by atoms with Gasteiger partial charge in [-0.05, 0) is 49.8 Å². The second-order valence-corrected chi connectivity index (χ2v) is 8.22. The molecule has 0 atom stereocenters. The molecule has 24 heavy (non-hydrogen) atoms. The van der Waals surface area contributed by atoms with Crippen LogP contribution in [0.4, 0.5) is 0 Å². The van der Waals surface area contributed by atoms with Crippen LogP contribution in [-0.2, 0) is 23.1 Å². The summed E-state index contributed by atoms with van der Waals surface area (Å²) < 4.78 is 30.9. The molecule has 126 valence electrons. The van der Waals surface area contributed by atoms with Crippen LogP contribution < -0.4 is 0 Å². The minimum atomic E-state index is -3.57. The van der Waals surface area contributed by atoms with Gasteiger partial charge in [-0.25, -0.2) is 12.4 Å². The van der Waals surface area contributed by atoms with E-state index in [1.165, 1.54) is 15.5 Å². The minimum Gasteiger partial charge on any atom is -0.295 e. The molecule has 2 heterocycles. The zero-order valence-corrected chi connectivity index (χ0v) is 15.1. The van der Waals surface area contributed by atoms with Crippen molar-refractivity contribution in [2.75, 3.05) is 7.05 Å². The smallest absolute Gasteiger partial charge is 0.267 e. The Bertz CT molecular complexity index is 916. The van der Waals surface area contributed by atoms with Crippen molar-refractivity contribution in [3.8, 4) is 0 Å². The van der Waals surface area contributed by atoms with E-state index in [9.17, 15) is 8.42 Å². The number of rotatable bonds is 6. The average molecular weight is 362 g/mol. The zero-order chi connectivity index (χ0) is 17.2. The second-order valence-electron chi connectivity index (χ2n) is 5.57. The lowest BCUT2D eigenvalue weighted by atomic mass is 10.3. The molecule has 0 bridgehead atoms. The summed E-state index contributed by atoms with van der Waals surface area (Å²) in [6.45, 7) is 3.12. The van der Waals surface area contributed by atoms with Crippen LogP contribution in [0.2, 0.25) is 0 Å². The molecule has 0 spiro atoms. The first-order valence-corrected chi connectivity index (χ1v) is 9.63. The topological polar surface area (TPSA) is 68.1 Å². The first kappa shape index (κ1) is 16.8. The third-order valence-electron chi connectivity index (χ3n) is 3.68. The number of aryl methyl sites for hydroxylation is 1. The van der Waals surface area contributed by atoms with Crippen molar-refractivity contribution >= 4 is 21.6 Å². The van der Waals surface area contributed by atoms with Gasteiger partial charge in [-0.1, -0.05) is 22.7 Å². The third kappa shape index (κ3) is 3.40. The average Bonchev–Trinajstić information content (AvgIpc) is 3.18. The van der Waals surface area contributed by atoms with Crippen LogP contribution in [0, 0.1) is 6.92 Å². The van der Waals surface area contributed by atoms with E-state index in [4.69, 9.17) is 0 Å². The molecule has 0 unspecified atom stereocenters. The second kappa shape index (κ2) is 6.84. The monoisotopic (exact) mass is 362 g/mol. The molecule has 8 heteroatoms. The lowest BCUT2D eigenvalue weighted by molar-refractivity contribution is 0.316. The SMILES string of the molecule is Cc1nnsc1CN(C)Cc1cccn1S(=O)(=O)c1ccccc1. The lowest BCUT2D eigenvalue weighted by Crippen LogP contribution is -2.22. The standard InChI is InChI=1S/C16H18N4O2S2/c1-13-16(23-18-17-13)12-19(2)11-14-7-6-10-20(14)24(21,22)15-8-4-3-5-9-15/h3-10H,11-12H2,1-2H3. The maximum Gasteiger partial charge on any atom is 0.267 e. The summed E-state index contributed by atoms with van der Waals surface area (Å²) in [6, 6.07) is 12.0. The van der Waals surface area contributed by atoms with Crippen LogP contribution in [0.15, 0.2) is 53.6 Å². The Morgan fingerprint density at radius 1 is 1.12 bits per heavy atom. The van der Waals surface area contributed by atoms with Gasteiger partial charge in [0.05, 0.1) is 15.5 Å². The van der Waals surface area contributed by atoms with Crippen LogP contribution in [-0.4, -0.2) is 33.9 Å². The summed E-state index contributed by atoms with van der Waals surface area (Å²) in [5, 5.41) is 4.00. The van der Waals surface area contributed by atoms with Gasteiger partial charge in [0.25, 0.3) is 10.0 Å². The number of nitrogens with zero attached hydrogens (tertiary/aromatic N) is 4. The Morgan fingerprint density at radius 2 is 1.88 bits per heavy atom. The highest BCUT2D eigenvalue weighted by Crippen LogP contribution is 2.19. The van der Waals surface area contributed by atoms with Crippen LogP contribution in [0.5, 0.6) is 0 Å². The molecule has 0 aliphatic rings. The highest BCUT2D eigenvalue weighted by Gasteiger charge is 2.19. The van der Waals surface area contributed by atoms with Crippen LogP contribution >= 0.6 is 11.5 Å². The van der Waals surface area contributed by atoms with Gasteiger partial charge in [-0.3, -0.25) is 4.90 Å². The van der Waals surface area contributed by atoms with Crippen molar-refractivity contribution in [2.45, 2.75) is 24.9 Å². The van der Waals surface area contributed by atoms with E-state index < -0.39 is 10.0 Å². The Morgan fingerprint density at radius 3 is 2.54 bits per heavy atom. The fourth-order valence-electron chi connectivity index (χ4n) is 2.44. The molecule has 0 aliphatic heterocycles. The summed E-state index contributed by atoms with van der Waals surface area (Å²) in [4.78, 5) is 3.42. The predicted octanol–water partition coefficient (Wildman–Crippen LogP) is 2.52. The Balaban J connectivity index is 1.82. The van der Waals surface area contributed by atoms with Crippen LogP contribution in [0.1, 0.15) is 16.3 Å². The summed E-state index contributed by atoms with van der Waals surface area (Å²) >= 11 is 1.37. The summed E-state index contributed by atoms with van der Waals surface area (Å²) in [5.41, 5.74) is 1.63. The number of hydrogen-bond acceptors (Lipinski definition) is 6. The molecule has 0 amide bonds. The lowest BCUT2D eigenvalue weighted by Gasteiger charge is -2.17. The molecule has 0 saturated carbocycles. The van der Waals surface area contributed by atoms with Gasteiger partial charge in [0.2, 0.25) is 0 Å². The molecular formula is C16H18N4O2S2. The largest absolute Gasteiger partial charge is 0.295 e. The normalized spacial score (nSPS) is 12.0. The molecule has 3 aromatic rings. The Kier molecular flexibility index (Phi) is 4.79. The summed E-state index contributed by atoms with van der Waals surface area (Å²) in [6.07, 6.45) is 1.59. The quantitative estimate of drug-likeness (QED) is 0.674. The van der Waals surface area contributed by atoms with Crippen molar-refractivity contribution in [3.63, 3.8) is 0 Å². The van der Waals surface area contributed by atoms with Gasteiger partial charge in [0.1, 0.15) is 0 Å². The molecule has 0 N–H and O–H groups in total. The van der Waals surface area contributed by atoms with E-state index in [-0.39, 0.29) is 4.90 Å². The molecule has 6 nitrogen and oxygen atoms in total. The highest BCUT2D eigenvalue weighted by atomic mass is 32.2. The Hall–Kier alpha value is -2.03. The maximum absolute atomic E-state index is 12.8. The van der Waals surface area contributed by atoms with Gasteiger partial charge in [-0.15, -0.1) is 5.10 Å². The number of hydrogen-bond donors (Lipinski definition) is 0. The van der Waals surface area contributed by atoms with Crippen molar-refractivity contribution in [2.24, 2.45) is 0 Å². The van der Waals surface area contributed by atoms with E-state index in [0.29, 0.717) is 13.1 Å². The van der Waals surface area contributed by atoms with Crippen molar-refractivity contribution in [1.82, 2.24) is 18.5 Å². The first-order valence-electron chi connectivity index (χ1n) is 7.41. The zero-order valence-electron chi connectivity index (χ0n) is 13.5. The number of aromatic nitrogens is 3. The Labute approximate surface area is 145 Å². The molecule has 3 rings (SSSR count). The molecule has 0 aliphatic carbocycles. The van der Waals surface area contributed by atoms with Crippen molar-refractivity contribution < 1.29 is 8.42 Å². The van der Waals surface area contributed by atoms with Gasteiger partial charge in [0.15, 0.2) is 0 Å².